The van der Waals surface area contributed by atoms with E-state index in [1.807, 2.05) is 0 Å². The molecule has 2 N–H and O–H groups in total. The number of hydrogen-bond donors (Lipinski definition) is 2. The number of carbonyl (C=O) groups is 1. The molecule has 0 saturated heterocycles. The zero-order valence-electron chi connectivity index (χ0n) is 13.3. The fourth-order valence-corrected chi connectivity index (χ4v) is 2.68. The molecule has 3 rings (SSSR count). The van der Waals surface area contributed by atoms with Crippen LogP contribution in [0.5, 0.6) is 0 Å². The lowest BCUT2D eigenvalue weighted by Crippen LogP contribution is -2.35. The Kier molecular flexibility index (Phi) is 5.00. The minimum absolute atomic E-state index is 0.174. The molecule has 0 aliphatic rings. The number of aromatic nitrogens is 2. The van der Waals surface area contributed by atoms with Crippen LogP contribution >= 0.6 is 11.6 Å². The van der Waals surface area contributed by atoms with Crippen molar-refractivity contribution in [3.8, 4) is 0 Å². The van der Waals surface area contributed by atoms with E-state index in [2.05, 4.69) is 10.3 Å². The van der Waals surface area contributed by atoms with Crippen molar-refractivity contribution in [2.24, 2.45) is 0 Å². The Bertz CT molecular complexity index is 1020. The second-order valence-electron chi connectivity index (χ2n) is 5.59. The first-order valence-electron chi connectivity index (χ1n) is 7.82. The van der Waals surface area contributed by atoms with Crippen molar-refractivity contribution in [1.29, 1.82) is 0 Å². The first-order chi connectivity index (χ1) is 12.0. The number of anilines is 1. The van der Waals surface area contributed by atoms with Crippen molar-refractivity contribution in [3.63, 3.8) is 0 Å². The van der Waals surface area contributed by atoms with E-state index in [9.17, 15) is 14.4 Å². The minimum atomic E-state index is -0.471. The van der Waals surface area contributed by atoms with E-state index >= 15 is 0 Å². The summed E-state index contributed by atoms with van der Waals surface area (Å²) >= 11 is 5.79. The third-order valence-corrected chi connectivity index (χ3v) is 4.05. The summed E-state index contributed by atoms with van der Waals surface area (Å²) in [5.41, 5.74) is 0.337. The number of carbonyl (C=O) groups excluding carboxylic acids is 1. The Hall–Kier alpha value is -2.86. The predicted molar refractivity (Wildman–Crippen MR) is 98.1 cm³/mol. The van der Waals surface area contributed by atoms with E-state index in [-0.39, 0.29) is 24.4 Å². The van der Waals surface area contributed by atoms with Gasteiger partial charge in [-0.05, 0) is 42.8 Å². The second-order valence-corrected chi connectivity index (χ2v) is 6.03. The van der Waals surface area contributed by atoms with Crippen molar-refractivity contribution in [2.45, 2.75) is 19.4 Å². The van der Waals surface area contributed by atoms with Crippen LogP contribution in [0.4, 0.5) is 5.69 Å². The number of rotatable bonds is 5. The molecule has 1 aromatic heterocycles. The lowest BCUT2D eigenvalue weighted by Gasteiger charge is -2.07. The average molecular weight is 358 g/mol. The van der Waals surface area contributed by atoms with E-state index in [1.165, 1.54) is 0 Å². The smallest absolute Gasteiger partial charge is 0.326 e. The third-order valence-electron chi connectivity index (χ3n) is 3.80. The highest BCUT2D eigenvalue weighted by Gasteiger charge is 2.08. The molecule has 7 heteroatoms. The largest absolute Gasteiger partial charge is 0.328 e. The van der Waals surface area contributed by atoms with Crippen molar-refractivity contribution < 1.29 is 4.79 Å². The monoisotopic (exact) mass is 357 g/mol. The van der Waals surface area contributed by atoms with E-state index in [0.717, 1.165) is 4.57 Å². The Morgan fingerprint density at radius 1 is 1.08 bits per heavy atom. The molecule has 0 fully saturated rings. The number of H-pyrrole nitrogens is 1. The van der Waals surface area contributed by atoms with Crippen LogP contribution in [0.2, 0.25) is 5.02 Å². The molecular weight excluding hydrogens is 342 g/mol. The predicted octanol–water partition coefficient (Wildman–Crippen LogP) is 2.76. The van der Waals surface area contributed by atoms with Crippen molar-refractivity contribution in [1.82, 2.24) is 9.55 Å². The Morgan fingerprint density at radius 2 is 1.80 bits per heavy atom. The maximum Gasteiger partial charge on any atom is 0.328 e. The number of aromatic amines is 1. The number of para-hydroxylation sites is 1. The summed E-state index contributed by atoms with van der Waals surface area (Å²) in [5.74, 6) is -0.187. The van der Waals surface area contributed by atoms with Gasteiger partial charge in [-0.2, -0.15) is 0 Å². The van der Waals surface area contributed by atoms with Crippen LogP contribution in [-0.4, -0.2) is 15.5 Å². The Balaban J connectivity index is 1.65. The number of halogens is 1. The van der Waals surface area contributed by atoms with E-state index in [4.69, 9.17) is 11.6 Å². The van der Waals surface area contributed by atoms with Crippen molar-refractivity contribution >= 4 is 34.1 Å². The highest BCUT2D eigenvalue weighted by molar-refractivity contribution is 6.30. The maximum absolute atomic E-state index is 12.4. The van der Waals surface area contributed by atoms with Gasteiger partial charge in [-0.15, -0.1) is 0 Å². The van der Waals surface area contributed by atoms with Crippen LogP contribution in [0, 0.1) is 0 Å². The molecule has 25 heavy (non-hydrogen) atoms. The summed E-state index contributed by atoms with van der Waals surface area (Å²) in [5, 5.41) is 3.79. The molecule has 6 nitrogen and oxygen atoms in total. The SMILES string of the molecule is O=C(CCCn1c(=O)[nH]c2ccccc2c1=O)Nc1ccc(Cl)cc1. The summed E-state index contributed by atoms with van der Waals surface area (Å²) < 4.78 is 1.12. The molecule has 0 atom stereocenters. The number of amides is 1. The van der Waals surface area contributed by atoms with Gasteiger partial charge in [0.1, 0.15) is 0 Å². The fraction of sp³-hybridized carbons (Fsp3) is 0.167. The highest BCUT2D eigenvalue weighted by atomic mass is 35.5. The number of nitrogens with zero attached hydrogens (tertiary/aromatic N) is 1. The van der Waals surface area contributed by atoms with Gasteiger partial charge in [0.25, 0.3) is 5.56 Å². The van der Waals surface area contributed by atoms with Gasteiger partial charge in [0.15, 0.2) is 0 Å². The Morgan fingerprint density at radius 3 is 2.56 bits per heavy atom. The first-order valence-corrected chi connectivity index (χ1v) is 8.20. The first kappa shape index (κ1) is 17.0. The summed E-state index contributed by atoms with van der Waals surface area (Å²) in [7, 11) is 0. The molecule has 3 aromatic rings. The highest BCUT2D eigenvalue weighted by Crippen LogP contribution is 2.13. The summed E-state index contributed by atoms with van der Waals surface area (Å²) in [4.78, 5) is 39.1. The molecule has 0 unspecified atom stereocenters. The van der Waals surface area contributed by atoms with Gasteiger partial charge in [0, 0.05) is 23.7 Å². The van der Waals surface area contributed by atoms with Crippen LogP contribution in [-0.2, 0) is 11.3 Å². The average Bonchev–Trinajstić information content (AvgIpc) is 2.60. The van der Waals surface area contributed by atoms with E-state index < -0.39 is 5.69 Å². The molecule has 1 amide bonds. The fourth-order valence-electron chi connectivity index (χ4n) is 2.56. The maximum atomic E-state index is 12.4. The summed E-state index contributed by atoms with van der Waals surface area (Å²) in [6, 6.07) is 13.6. The van der Waals surface area contributed by atoms with Gasteiger partial charge in [0.2, 0.25) is 5.91 Å². The standard InChI is InChI=1S/C18H16ClN3O3/c19-12-7-9-13(10-8-12)20-16(23)6-3-11-22-17(24)14-4-1-2-5-15(14)21-18(22)25/h1-2,4-5,7-10H,3,6,11H2,(H,20,23)(H,21,25). The molecule has 128 valence electrons. The molecule has 0 radical (unpaired) electrons. The van der Waals surface area contributed by atoms with Gasteiger partial charge in [-0.25, -0.2) is 4.79 Å². The number of nitrogens with one attached hydrogen (secondary N) is 2. The van der Waals surface area contributed by atoms with Crippen LogP contribution in [0.1, 0.15) is 12.8 Å². The van der Waals surface area contributed by atoms with Crippen molar-refractivity contribution in [2.75, 3.05) is 5.32 Å². The molecule has 0 bridgehead atoms. The van der Waals surface area contributed by atoms with Crippen LogP contribution < -0.4 is 16.6 Å². The zero-order valence-corrected chi connectivity index (χ0v) is 14.0. The van der Waals surface area contributed by atoms with E-state index in [1.54, 1.807) is 48.5 Å². The lowest BCUT2D eigenvalue weighted by molar-refractivity contribution is -0.116. The molecular formula is C18H16ClN3O3. The number of fused-ring (bicyclic) bond motifs is 1. The van der Waals surface area contributed by atoms with Gasteiger partial charge >= 0.3 is 5.69 Å². The van der Waals surface area contributed by atoms with Crippen molar-refractivity contribution in [3.05, 3.63) is 74.4 Å². The topological polar surface area (TPSA) is 84.0 Å². The van der Waals surface area contributed by atoms with Gasteiger partial charge in [-0.3, -0.25) is 14.2 Å². The molecule has 0 aliphatic carbocycles. The quantitative estimate of drug-likeness (QED) is 0.736. The molecule has 2 aromatic carbocycles. The number of hydrogen-bond acceptors (Lipinski definition) is 3. The second kappa shape index (κ2) is 7.36. The van der Waals surface area contributed by atoms with E-state index in [0.29, 0.717) is 28.0 Å². The number of benzene rings is 2. The lowest BCUT2D eigenvalue weighted by atomic mass is 10.2. The summed E-state index contributed by atoms with van der Waals surface area (Å²) in [6.07, 6.45) is 0.572. The summed E-state index contributed by atoms with van der Waals surface area (Å²) in [6.45, 7) is 0.174. The van der Waals surface area contributed by atoms with Crippen LogP contribution in [0.15, 0.2) is 58.1 Å². The minimum Gasteiger partial charge on any atom is -0.326 e. The molecule has 1 heterocycles. The van der Waals surface area contributed by atoms with Crippen LogP contribution in [0.3, 0.4) is 0 Å². The zero-order chi connectivity index (χ0) is 17.8. The van der Waals surface area contributed by atoms with Gasteiger partial charge in [-0.1, -0.05) is 23.7 Å². The third kappa shape index (κ3) is 3.97. The molecule has 0 spiro atoms. The molecule has 0 aliphatic heterocycles. The van der Waals surface area contributed by atoms with Gasteiger partial charge in [0.05, 0.1) is 10.9 Å². The normalized spacial score (nSPS) is 10.8. The van der Waals surface area contributed by atoms with Crippen LogP contribution in [0.25, 0.3) is 10.9 Å². The molecule has 0 saturated carbocycles. The Labute approximate surface area is 148 Å². The van der Waals surface area contributed by atoms with Gasteiger partial charge < -0.3 is 10.3 Å².